The molecule has 0 aliphatic heterocycles. The maximum Gasteiger partial charge on any atom is 0.304 e. The Bertz CT molecular complexity index is 1140. The molecule has 33 heavy (non-hydrogen) atoms. The summed E-state index contributed by atoms with van der Waals surface area (Å²) >= 11 is -5.73. The summed E-state index contributed by atoms with van der Waals surface area (Å²) in [4.78, 5) is 22.1. The number of carbonyl (C=O) groups excluding carboxylic acids is 2. The Kier molecular flexibility index (Phi) is 9.04. The first-order chi connectivity index (χ1) is 15.4. The minimum Gasteiger partial charge on any atom is -0.449 e. The average Bonchev–Trinajstić information content (AvgIpc) is 2.76. The van der Waals surface area contributed by atoms with Gasteiger partial charge in [0.2, 0.25) is 26.9 Å². The maximum absolute atomic E-state index is 13.3. The summed E-state index contributed by atoms with van der Waals surface area (Å²) in [6, 6.07) is 5.86. The molecule has 2 rings (SSSR count). The number of nitrogens with one attached hydrogen (secondary N) is 2. The molecule has 0 unspecified atom stereocenters. The molecule has 2 aromatic rings. The third-order valence-electron chi connectivity index (χ3n) is 4.59. The van der Waals surface area contributed by atoms with E-state index in [1.807, 2.05) is 6.92 Å². The summed E-state index contributed by atoms with van der Waals surface area (Å²) in [7, 11) is -3.68. The summed E-state index contributed by atoms with van der Waals surface area (Å²) in [5, 5.41) is 14.3. The van der Waals surface area contributed by atoms with Crippen LogP contribution in [0.15, 0.2) is 51.1 Å². The number of benzene rings is 2. The van der Waals surface area contributed by atoms with Gasteiger partial charge >= 0.3 is 7.48 Å². The summed E-state index contributed by atoms with van der Waals surface area (Å²) in [5.74, 6) is -1.11. The number of amides is 2. The number of hydrogen-bond donors (Lipinski definition) is 3. The molecule has 0 radical (unpaired) electrons. The molecule has 7 nitrogen and oxygen atoms in total. The SMILES string of the molecule is Bc1cc(C(=O)NCC(=O)NCCCC)cc(S(=O)(=O)c2cc(BO)cc(S(F)(F)F)c2)c1. The number of rotatable bonds is 10. The lowest BCUT2D eigenvalue weighted by Gasteiger charge is -2.14. The number of sulfone groups is 1. The molecule has 0 bridgehead atoms. The molecular formula is C19H23B2F3N2O5S2. The van der Waals surface area contributed by atoms with Gasteiger partial charge < -0.3 is 15.7 Å². The molecule has 2 aromatic carbocycles. The minimum atomic E-state index is -5.73. The van der Waals surface area contributed by atoms with Crippen LogP contribution in [0, 0.1) is 0 Å². The molecule has 0 spiro atoms. The molecule has 0 saturated heterocycles. The van der Waals surface area contributed by atoms with Crippen LogP contribution in [0.25, 0.3) is 0 Å². The lowest BCUT2D eigenvalue weighted by Crippen LogP contribution is -2.37. The Hall–Kier alpha value is -2.44. The highest BCUT2D eigenvalue weighted by Gasteiger charge is 2.29. The zero-order chi connectivity index (χ0) is 24.8. The summed E-state index contributed by atoms with van der Waals surface area (Å²) in [6.07, 6.45) is 1.67. The lowest BCUT2D eigenvalue weighted by molar-refractivity contribution is -0.120. The topological polar surface area (TPSA) is 113 Å². The van der Waals surface area contributed by atoms with Crippen molar-refractivity contribution >= 4 is 59.1 Å². The molecule has 0 saturated carbocycles. The van der Waals surface area contributed by atoms with Crippen molar-refractivity contribution in [2.75, 3.05) is 13.1 Å². The van der Waals surface area contributed by atoms with Crippen LogP contribution in [0.1, 0.15) is 30.1 Å². The van der Waals surface area contributed by atoms with Gasteiger partial charge in [-0.3, -0.25) is 9.59 Å². The summed E-state index contributed by atoms with van der Waals surface area (Å²) < 4.78 is 66.0. The van der Waals surface area contributed by atoms with Crippen molar-refractivity contribution in [3.8, 4) is 0 Å². The minimum absolute atomic E-state index is 0.0603. The standard InChI is InChI=1S/C19H23B2F3N2O5S2/c1-2-3-4-25-18(27)11-26-19(28)12-5-13(20)7-15(6-12)32(30,31)16-8-14(21-29)9-17(10-16)33(22,23)24/h5-10,21,29H,2-4,11,20H2,1H3,(H,25,27)(H,26,28). The van der Waals surface area contributed by atoms with E-state index in [0.29, 0.717) is 24.1 Å². The number of halogens is 3. The van der Waals surface area contributed by atoms with Crippen LogP contribution >= 0.6 is 11.2 Å². The van der Waals surface area contributed by atoms with Crippen molar-refractivity contribution in [3.05, 3.63) is 42.0 Å². The van der Waals surface area contributed by atoms with Gasteiger partial charge in [0, 0.05) is 12.1 Å². The van der Waals surface area contributed by atoms with Gasteiger partial charge in [-0.25, -0.2) is 8.42 Å². The van der Waals surface area contributed by atoms with Crippen molar-refractivity contribution in [2.45, 2.75) is 34.5 Å². The van der Waals surface area contributed by atoms with Gasteiger partial charge in [0.1, 0.15) is 7.85 Å². The second-order valence-corrected chi connectivity index (χ2v) is 10.5. The Labute approximate surface area is 194 Å². The molecule has 0 aliphatic carbocycles. The third kappa shape index (κ3) is 7.27. The van der Waals surface area contributed by atoms with Crippen molar-refractivity contribution in [1.29, 1.82) is 0 Å². The molecular weight excluding hydrogens is 479 g/mol. The first-order valence-corrected chi connectivity index (χ1v) is 12.8. The second kappa shape index (κ2) is 11.1. The van der Waals surface area contributed by atoms with E-state index in [1.165, 1.54) is 20.0 Å². The molecule has 178 valence electrons. The Morgan fingerprint density at radius 3 is 2.24 bits per heavy atom. The van der Waals surface area contributed by atoms with Crippen LogP contribution in [0.3, 0.4) is 0 Å². The first kappa shape index (κ1) is 26.8. The number of hydrogen-bond acceptors (Lipinski definition) is 5. The highest BCUT2D eigenvalue weighted by atomic mass is 32.3. The van der Waals surface area contributed by atoms with E-state index in [9.17, 15) is 34.7 Å². The van der Waals surface area contributed by atoms with E-state index in [2.05, 4.69) is 10.6 Å². The Balaban J connectivity index is 2.34. The highest BCUT2D eigenvalue weighted by Crippen LogP contribution is 2.60. The fraction of sp³-hybridized carbons (Fsp3) is 0.263. The van der Waals surface area contributed by atoms with Crippen molar-refractivity contribution in [3.63, 3.8) is 0 Å². The van der Waals surface area contributed by atoms with Crippen LogP contribution in [0.5, 0.6) is 0 Å². The fourth-order valence-electron chi connectivity index (χ4n) is 2.91. The Morgan fingerprint density at radius 2 is 1.64 bits per heavy atom. The largest absolute Gasteiger partial charge is 0.449 e. The maximum atomic E-state index is 13.3. The number of unbranched alkanes of at least 4 members (excludes halogenated alkanes) is 1. The molecule has 0 aliphatic rings. The van der Waals surface area contributed by atoms with Gasteiger partial charge in [-0.2, -0.15) is 0 Å². The molecule has 0 atom stereocenters. The summed E-state index contributed by atoms with van der Waals surface area (Å²) in [5.41, 5.74) is 0.124. The van der Waals surface area contributed by atoms with Gasteiger partial charge in [0.05, 0.1) is 21.2 Å². The fourth-order valence-corrected chi connectivity index (χ4v) is 5.01. The first-order valence-electron chi connectivity index (χ1n) is 9.97. The number of carbonyl (C=O) groups is 2. The van der Waals surface area contributed by atoms with Crippen LogP contribution in [-0.4, -0.2) is 53.7 Å². The zero-order valence-corrected chi connectivity index (χ0v) is 19.7. The molecule has 3 N–H and O–H groups in total. The van der Waals surface area contributed by atoms with Gasteiger partial charge in [0.25, 0.3) is 5.91 Å². The monoisotopic (exact) mass is 502 g/mol. The van der Waals surface area contributed by atoms with E-state index in [-0.39, 0.29) is 22.5 Å². The molecule has 2 amide bonds. The van der Waals surface area contributed by atoms with E-state index in [1.54, 1.807) is 0 Å². The van der Waals surface area contributed by atoms with E-state index < -0.39 is 50.1 Å². The van der Waals surface area contributed by atoms with E-state index in [0.717, 1.165) is 25.0 Å². The summed E-state index contributed by atoms with van der Waals surface area (Å²) in [6.45, 7) is 2.11. The van der Waals surface area contributed by atoms with Crippen molar-refractivity contribution < 1.29 is 34.7 Å². The van der Waals surface area contributed by atoms with Gasteiger partial charge in [-0.1, -0.05) is 30.3 Å². The van der Waals surface area contributed by atoms with Gasteiger partial charge in [-0.15, -0.1) is 11.7 Å². The normalized spacial score (nSPS) is 12.2. The lowest BCUT2D eigenvalue weighted by atomic mass is 9.89. The van der Waals surface area contributed by atoms with Crippen molar-refractivity contribution in [1.82, 2.24) is 10.6 Å². The highest BCUT2D eigenvalue weighted by molar-refractivity contribution is 8.21. The molecule has 14 heteroatoms. The van der Waals surface area contributed by atoms with Gasteiger partial charge in [-0.05, 0) is 36.8 Å². The third-order valence-corrected chi connectivity index (χ3v) is 7.07. The van der Waals surface area contributed by atoms with E-state index in [4.69, 9.17) is 0 Å². The predicted octanol–water partition coefficient (Wildman–Crippen LogP) is 0.210. The average molecular weight is 502 g/mol. The van der Waals surface area contributed by atoms with Crippen molar-refractivity contribution in [2.24, 2.45) is 0 Å². The molecule has 0 heterocycles. The molecule has 0 fully saturated rings. The quantitative estimate of drug-likeness (QED) is 0.318. The molecule has 0 aromatic heterocycles. The van der Waals surface area contributed by atoms with Crippen LogP contribution < -0.4 is 21.6 Å². The van der Waals surface area contributed by atoms with Gasteiger partial charge in [0.15, 0.2) is 0 Å². The zero-order valence-electron chi connectivity index (χ0n) is 18.0. The predicted molar refractivity (Wildman–Crippen MR) is 125 cm³/mol. The Morgan fingerprint density at radius 1 is 1.00 bits per heavy atom. The van der Waals surface area contributed by atoms with Crippen LogP contribution in [0.2, 0.25) is 0 Å². The van der Waals surface area contributed by atoms with E-state index >= 15 is 0 Å². The van der Waals surface area contributed by atoms with Crippen LogP contribution in [0.4, 0.5) is 11.7 Å². The second-order valence-electron chi connectivity index (χ2n) is 7.30. The van der Waals surface area contributed by atoms with Crippen LogP contribution in [-0.2, 0) is 14.6 Å². The smallest absolute Gasteiger partial charge is 0.304 e.